The van der Waals surface area contributed by atoms with E-state index >= 15 is 0 Å². The fourth-order valence-corrected chi connectivity index (χ4v) is 5.39. The summed E-state index contributed by atoms with van der Waals surface area (Å²) in [6.07, 6.45) is 7.69. The number of amides is 4. The SMILES string of the molecule is CCCCCCCN1C[C@H]2N(C(=O)CN(CC)N2C(=O)NCc2ccccc2)[C@@H](CCSC)C1=O. The first-order valence-electron chi connectivity index (χ1n) is 13.0. The molecule has 3 rings (SSSR count). The Kier molecular flexibility index (Phi) is 10.7. The largest absolute Gasteiger partial charge is 0.337 e. The van der Waals surface area contributed by atoms with Gasteiger partial charge in [-0.25, -0.2) is 14.8 Å². The van der Waals surface area contributed by atoms with E-state index in [1.165, 1.54) is 19.3 Å². The lowest BCUT2D eigenvalue weighted by Gasteiger charge is -2.55. The van der Waals surface area contributed by atoms with Crippen LogP contribution >= 0.6 is 11.8 Å². The summed E-state index contributed by atoms with van der Waals surface area (Å²) in [5.41, 5.74) is 1.01. The summed E-state index contributed by atoms with van der Waals surface area (Å²) in [6.45, 7) is 6.21. The normalized spacial score (nSPS) is 20.8. The fraction of sp³-hybridized carbons (Fsp3) is 0.654. The number of carbonyl (C=O) groups excluding carboxylic acids is 3. The summed E-state index contributed by atoms with van der Waals surface area (Å²) < 4.78 is 0. The molecule has 2 atom stereocenters. The molecule has 1 aromatic rings. The van der Waals surface area contributed by atoms with Gasteiger partial charge in [0.25, 0.3) is 0 Å². The Morgan fingerprint density at radius 3 is 2.51 bits per heavy atom. The lowest BCUT2D eigenvalue weighted by atomic mass is 10.0. The molecule has 0 bridgehead atoms. The molecule has 0 radical (unpaired) electrons. The molecule has 2 aliphatic rings. The Morgan fingerprint density at radius 1 is 1.09 bits per heavy atom. The number of fused-ring (bicyclic) bond motifs is 1. The van der Waals surface area contributed by atoms with E-state index in [4.69, 9.17) is 0 Å². The van der Waals surface area contributed by atoms with Gasteiger partial charge in [0, 0.05) is 19.6 Å². The predicted octanol–water partition coefficient (Wildman–Crippen LogP) is 3.54. The van der Waals surface area contributed by atoms with Crippen LogP contribution in [0.5, 0.6) is 0 Å². The van der Waals surface area contributed by atoms with Gasteiger partial charge < -0.3 is 15.1 Å². The smallest absolute Gasteiger partial charge is 0.334 e. The van der Waals surface area contributed by atoms with Crippen LogP contribution in [0, 0.1) is 0 Å². The van der Waals surface area contributed by atoms with Gasteiger partial charge in [-0.15, -0.1) is 0 Å². The zero-order valence-corrected chi connectivity index (χ0v) is 22.3. The molecule has 35 heavy (non-hydrogen) atoms. The van der Waals surface area contributed by atoms with Gasteiger partial charge in [0.15, 0.2) is 0 Å². The maximum absolute atomic E-state index is 13.5. The van der Waals surface area contributed by atoms with Gasteiger partial charge in [-0.3, -0.25) is 9.59 Å². The number of rotatable bonds is 12. The third-order valence-electron chi connectivity index (χ3n) is 6.82. The first-order chi connectivity index (χ1) is 17.0. The monoisotopic (exact) mass is 503 g/mol. The van der Waals surface area contributed by atoms with E-state index in [-0.39, 0.29) is 24.4 Å². The quantitative estimate of drug-likeness (QED) is 0.442. The third-order valence-corrected chi connectivity index (χ3v) is 7.46. The van der Waals surface area contributed by atoms with Crippen molar-refractivity contribution >= 4 is 29.6 Å². The molecule has 1 aromatic carbocycles. The van der Waals surface area contributed by atoms with Crippen LogP contribution in [-0.2, 0) is 16.1 Å². The average Bonchev–Trinajstić information content (AvgIpc) is 2.87. The molecule has 4 amide bonds. The molecule has 2 fully saturated rings. The zero-order valence-electron chi connectivity index (χ0n) is 21.4. The van der Waals surface area contributed by atoms with Gasteiger partial charge in [0.2, 0.25) is 11.8 Å². The predicted molar refractivity (Wildman–Crippen MR) is 141 cm³/mol. The summed E-state index contributed by atoms with van der Waals surface area (Å²) in [5.74, 6) is 0.731. The summed E-state index contributed by atoms with van der Waals surface area (Å²) in [4.78, 5) is 43.8. The Morgan fingerprint density at radius 2 is 1.83 bits per heavy atom. The number of carbonyl (C=O) groups is 3. The van der Waals surface area contributed by atoms with Crippen molar-refractivity contribution in [1.29, 1.82) is 0 Å². The molecule has 2 heterocycles. The molecular formula is C26H41N5O3S. The summed E-state index contributed by atoms with van der Waals surface area (Å²) in [5, 5.41) is 6.53. The van der Waals surface area contributed by atoms with Crippen molar-refractivity contribution < 1.29 is 14.4 Å². The summed E-state index contributed by atoms with van der Waals surface area (Å²) in [6, 6.07) is 9.03. The molecule has 1 N–H and O–H groups in total. The van der Waals surface area contributed by atoms with E-state index in [0.29, 0.717) is 32.6 Å². The number of piperazine rings is 1. The van der Waals surface area contributed by atoms with Crippen LogP contribution < -0.4 is 5.32 Å². The topological polar surface area (TPSA) is 76.2 Å². The Bertz CT molecular complexity index is 840. The molecular weight excluding hydrogens is 462 g/mol. The van der Waals surface area contributed by atoms with Crippen LogP contribution in [0.4, 0.5) is 4.79 Å². The van der Waals surface area contributed by atoms with Crippen LogP contribution in [-0.4, -0.2) is 88.1 Å². The summed E-state index contributed by atoms with van der Waals surface area (Å²) in [7, 11) is 0. The van der Waals surface area contributed by atoms with Crippen molar-refractivity contribution in [2.45, 2.75) is 71.1 Å². The number of hydrogen-bond donors (Lipinski definition) is 1. The first kappa shape index (κ1) is 27.3. The van der Waals surface area contributed by atoms with E-state index in [0.717, 1.165) is 24.2 Å². The number of urea groups is 1. The van der Waals surface area contributed by atoms with Gasteiger partial charge in [-0.2, -0.15) is 11.8 Å². The highest BCUT2D eigenvalue weighted by atomic mass is 32.2. The number of thioether (sulfide) groups is 1. The van der Waals surface area contributed by atoms with Crippen molar-refractivity contribution in [2.24, 2.45) is 0 Å². The number of benzene rings is 1. The van der Waals surface area contributed by atoms with Gasteiger partial charge in [0.05, 0.1) is 13.1 Å². The molecule has 0 spiro atoms. The minimum Gasteiger partial charge on any atom is -0.337 e. The first-order valence-corrected chi connectivity index (χ1v) is 14.4. The van der Waals surface area contributed by atoms with E-state index in [1.807, 2.05) is 53.4 Å². The maximum atomic E-state index is 13.5. The van der Waals surface area contributed by atoms with Gasteiger partial charge in [-0.1, -0.05) is 69.9 Å². The maximum Gasteiger partial charge on any atom is 0.334 e. The standard InChI is InChI=1S/C26H41N5O3S/c1-4-6-7-8-12-16-28-19-23-30(22(25(28)33)15-17-35-3)24(32)20-29(5-2)31(23)26(34)27-18-21-13-10-9-11-14-21/h9-11,13-14,22-23H,4-8,12,15-20H2,1-3H3,(H,27,34)/t22-,23-/m0/s1. The van der Waals surface area contributed by atoms with Crippen molar-refractivity contribution in [1.82, 2.24) is 25.1 Å². The van der Waals surface area contributed by atoms with Crippen molar-refractivity contribution in [2.75, 3.05) is 38.2 Å². The van der Waals surface area contributed by atoms with E-state index in [9.17, 15) is 14.4 Å². The van der Waals surface area contributed by atoms with E-state index in [1.54, 1.807) is 21.7 Å². The van der Waals surface area contributed by atoms with Crippen LogP contribution in [0.25, 0.3) is 0 Å². The lowest BCUT2D eigenvalue weighted by Crippen LogP contribution is -2.76. The van der Waals surface area contributed by atoms with Crippen molar-refractivity contribution in [3.63, 3.8) is 0 Å². The minimum absolute atomic E-state index is 0.0220. The van der Waals surface area contributed by atoms with Crippen LogP contribution in [0.2, 0.25) is 0 Å². The minimum atomic E-state index is -0.521. The Balaban J connectivity index is 1.80. The molecule has 194 valence electrons. The molecule has 8 nitrogen and oxygen atoms in total. The van der Waals surface area contributed by atoms with Gasteiger partial charge >= 0.3 is 6.03 Å². The second-order valence-corrected chi connectivity index (χ2v) is 10.2. The molecule has 0 unspecified atom stereocenters. The Labute approximate surface area is 214 Å². The fourth-order valence-electron chi connectivity index (χ4n) is 4.93. The molecule has 2 aliphatic heterocycles. The molecule has 2 saturated heterocycles. The highest BCUT2D eigenvalue weighted by molar-refractivity contribution is 7.98. The van der Waals surface area contributed by atoms with E-state index < -0.39 is 12.2 Å². The van der Waals surface area contributed by atoms with Gasteiger partial charge in [0.1, 0.15) is 12.2 Å². The number of hydrogen-bond acceptors (Lipinski definition) is 5. The van der Waals surface area contributed by atoms with E-state index in [2.05, 4.69) is 12.2 Å². The van der Waals surface area contributed by atoms with Crippen LogP contribution in [0.3, 0.4) is 0 Å². The number of nitrogens with zero attached hydrogens (tertiary/aromatic N) is 4. The molecule has 0 aromatic heterocycles. The Hall–Kier alpha value is -2.26. The number of nitrogens with one attached hydrogen (secondary N) is 1. The highest BCUT2D eigenvalue weighted by Crippen LogP contribution is 2.28. The van der Waals surface area contributed by atoms with Crippen molar-refractivity contribution in [3.8, 4) is 0 Å². The zero-order chi connectivity index (χ0) is 25.2. The third kappa shape index (κ3) is 6.91. The molecule has 0 saturated carbocycles. The number of likely N-dealkylation sites (N-methyl/N-ethyl adjacent to an activating group) is 1. The van der Waals surface area contributed by atoms with Crippen LogP contribution in [0.15, 0.2) is 30.3 Å². The number of hydrazine groups is 1. The van der Waals surface area contributed by atoms with Gasteiger partial charge in [-0.05, 0) is 30.4 Å². The van der Waals surface area contributed by atoms with Crippen molar-refractivity contribution in [3.05, 3.63) is 35.9 Å². The second-order valence-electron chi connectivity index (χ2n) is 9.25. The molecule has 0 aliphatic carbocycles. The highest BCUT2D eigenvalue weighted by Gasteiger charge is 2.50. The summed E-state index contributed by atoms with van der Waals surface area (Å²) >= 11 is 1.67. The number of unbranched alkanes of at least 4 members (excludes halogenated alkanes) is 4. The molecule has 9 heteroatoms. The second kappa shape index (κ2) is 13.7. The lowest BCUT2D eigenvalue weighted by molar-refractivity contribution is -0.190. The van der Waals surface area contributed by atoms with Crippen LogP contribution in [0.1, 0.15) is 57.9 Å². The average molecular weight is 504 g/mol.